The molecule has 2 heterocycles. The molecule has 26 heavy (non-hydrogen) atoms. The van der Waals surface area contributed by atoms with Crippen LogP contribution < -0.4 is 4.90 Å². The normalized spacial score (nSPS) is 25.0. The number of ether oxygens (including phenoxy) is 1. The predicted molar refractivity (Wildman–Crippen MR) is 99.4 cm³/mol. The molecule has 4 rings (SSSR count). The molecule has 6 heteroatoms. The highest BCUT2D eigenvalue weighted by Crippen LogP contribution is 2.46. The van der Waals surface area contributed by atoms with Gasteiger partial charge >= 0.3 is 5.97 Å². The average Bonchev–Trinajstić information content (AvgIpc) is 3.11. The second-order valence-corrected chi connectivity index (χ2v) is 8.41. The summed E-state index contributed by atoms with van der Waals surface area (Å²) in [7, 11) is 0. The first kappa shape index (κ1) is 17.5. The Hall–Kier alpha value is -1.95. The number of thiophene rings is 1. The van der Waals surface area contributed by atoms with Gasteiger partial charge in [0.15, 0.2) is 0 Å². The Morgan fingerprint density at radius 2 is 1.96 bits per heavy atom. The first-order chi connectivity index (χ1) is 12.5. The van der Waals surface area contributed by atoms with Crippen LogP contribution in [0.2, 0.25) is 0 Å². The van der Waals surface area contributed by atoms with Crippen molar-refractivity contribution in [2.24, 2.45) is 11.8 Å². The minimum atomic E-state index is -0.410. The third kappa shape index (κ3) is 2.62. The van der Waals surface area contributed by atoms with Crippen molar-refractivity contribution in [3.05, 3.63) is 27.7 Å². The van der Waals surface area contributed by atoms with Crippen molar-refractivity contribution in [3.8, 4) is 0 Å². The number of carbonyl (C=O) groups is 3. The Kier molecular flexibility index (Phi) is 4.47. The molecule has 0 aromatic carbocycles. The lowest BCUT2D eigenvalue weighted by Crippen LogP contribution is -2.31. The molecular weight excluding hydrogens is 350 g/mol. The number of allylic oxidation sites excluding steroid dienone is 2. The molecule has 1 aliphatic heterocycles. The van der Waals surface area contributed by atoms with E-state index >= 15 is 0 Å². The molecule has 0 saturated carbocycles. The van der Waals surface area contributed by atoms with Crippen LogP contribution in [0.15, 0.2) is 11.6 Å². The standard InChI is InChI=1S/C20H23NO4S/c1-3-25-20(24)16-13-6-4-5-7-15(13)26-19(16)21-17(22)12-9-8-11(2)10-14(12)18(21)23/h8,12,14H,3-7,9-10H2,1-2H3. The third-order valence-corrected chi connectivity index (χ3v) is 6.94. The summed E-state index contributed by atoms with van der Waals surface area (Å²) in [5.41, 5.74) is 2.60. The molecule has 2 unspecified atom stereocenters. The fourth-order valence-corrected chi connectivity index (χ4v) is 5.75. The van der Waals surface area contributed by atoms with Gasteiger partial charge in [-0.2, -0.15) is 0 Å². The summed E-state index contributed by atoms with van der Waals surface area (Å²) in [6, 6.07) is 0. The number of nitrogens with zero attached hydrogens (tertiary/aromatic N) is 1. The van der Waals surface area contributed by atoms with Crippen molar-refractivity contribution in [3.63, 3.8) is 0 Å². The maximum Gasteiger partial charge on any atom is 0.341 e. The van der Waals surface area contributed by atoms with E-state index in [1.807, 2.05) is 6.92 Å². The number of carbonyl (C=O) groups excluding carboxylic acids is 3. The number of rotatable bonds is 3. The number of anilines is 1. The largest absolute Gasteiger partial charge is 0.462 e. The number of aryl methyl sites for hydroxylation is 1. The van der Waals surface area contributed by atoms with E-state index in [2.05, 4.69) is 6.08 Å². The van der Waals surface area contributed by atoms with Crippen LogP contribution >= 0.6 is 11.3 Å². The van der Waals surface area contributed by atoms with Crippen LogP contribution in [0.5, 0.6) is 0 Å². The summed E-state index contributed by atoms with van der Waals surface area (Å²) in [5.74, 6) is -1.31. The third-order valence-electron chi connectivity index (χ3n) is 5.66. The molecule has 0 N–H and O–H groups in total. The van der Waals surface area contributed by atoms with Crippen LogP contribution in [0.4, 0.5) is 5.00 Å². The smallest absolute Gasteiger partial charge is 0.341 e. The molecule has 3 aliphatic rings. The number of esters is 1. The number of amides is 2. The van der Waals surface area contributed by atoms with E-state index in [0.29, 0.717) is 23.4 Å². The lowest BCUT2D eigenvalue weighted by molar-refractivity contribution is -0.122. The molecule has 1 saturated heterocycles. The van der Waals surface area contributed by atoms with Gasteiger partial charge in [0, 0.05) is 4.88 Å². The van der Waals surface area contributed by atoms with E-state index in [4.69, 9.17) is 4.74 Å². The van der Waals surface area contributed by atoms with Gasteiger partial charge in [-0.25, -0.2) is 9.69 Å². The highest BCUT2D eigenvalue weighted by molar-refractivity contribution is 7.17. The van der Waals surface area contributed by atoms with Gasteiger partial charge in [-0.15, -0.1) is 11.3 Å². The van der Waals surface area contributed by atoms with Crippen LogP contribution in [0, 0.1) is 11.8 Å². The van der Waals surface area contributed by atoms with E-state index < -0.39 is 5.97 Å². The lowest BCUT2D eigenvalue weighted by Gasteiger charge is -2.18. The molecule has 2 atom stereocenters. The maximum absolute atomic E-state index is 13.1. The zero-order valence-electron chi connectivity index (χ0n) is 15.2. The molecule has 0 spiro atoms. The first-order valence-corrected chi connectivity index (χ1v) is 10.2. The average molecular weight is 373 g/mol. The van der Waals surface area contributed by atoms with E-state index in [0.717, 1.165) is 41.7 Å². The number of imide groups is 1. The van der Waals surface area contributed by atoms with Crippen molar-refractivity contribution in [2.45, 2.75) is 52.4 Å². The van der Waals surface area contributed by atoms with Gasteiger partial charge in [0.2, 0.25) is 11.8 Å². The van der Waals surface area contributed by atoms with Gasteiger partial charge in [-0.05, 0) is 57.9 Å². The molecule has 138 valence electrons. The van der Waals surface area contributed by atoms with Gasteiger partial charge in [0.05, 0.1) is 24.0 Å². The molecule has 0 radical (unpaired) electrons. The van der Waals surface area contributed by atoms with Crippen LogP contribution in [-0.4, -0.2) is 24.4 Å². The molecule has 0 bridgehead atoms. The number of fused-ring (bicyclic) bond motifs is 2. The molecule has 1 aromatic rings. The molecular formula is C20H23NO4S. The number of hydrogen-bond acceptors (Lipinski definition) is 5. The van der Waals surface area contributed by atoms with Crippen molar-refractivity contribution in [1.29, 1.82) is 0 Å². The summed E-state index contributed by atoms with van der Waals surface area (Å²) in [6.45, 7) is 4.05. The number of hydrogen-bond donors (Lipinski definition) is 0. The first-order valence-electron chi connectivity index (χ1n) is 9.38. The molecule has 1 aromatic heterocycles. The molecule has 1 fully saturated rings. The van der Waals surface area contributed by atoms with Crippen LogP contribution in [0.3, 0.4) is 0 Å². The molecule has 5 nitrogen and oxygen atoms in total. The van der Waals surface area contributed by atoms with Gasteiger partial charge in [0.25, 0.3) is 0 Å². The van der Waals surface area contributed by atoms with Crippen molar-refractivity contribution in [2.75, 3.05) is 11.5 Å². The quantitative estimate of drug-likeness (QED) is 0.461. The summed E-state index contributed by atoms with van der Waals surface area (Å²) in [4.78, 5) is 41.2. The maximum atomic E-state index is 13.1. The van der Waals surface area contributed by atoms with Crippen LogP contribution in [0.1, 0.15) is 60.3 Å². The second-order valence-electron chi connectivity index (χ2n) is 7.33. The highest BCUT2D eigenvalue weighted by Gasteiger charge is 2.50. The van der Waals surface area contributed by atoms with Crippen molar-refractivity contribution >= 4 is 34.1 Å². The van der Waals surface area contributed by atoms with Gasteiger partial charge in [-0.1, -0.05) is 11.6 Å². The van der Waals surface area contributed by atoms with Crippen molar-refractivity contribution < 1.29 is 19.1 Å². The van der Waals surface area contributed by atoms with E-state index in [1.54, 1.807) is 6.92 Å². The zero-order valence-corrected chi connectivity index (χ0v) is 16.0. The van der Waals surface area contributed by atoms with Crippen molar-refractivity contribution in [1.82, 2.24) is 0 Å². The minimum Gasteiger partial charge on any atom is -0.462 e. The zero-order chi connectivity index (χ0) is 18.4. The van der Waals surface area contributed by atoms with Crippen LogP contribution in [0.25, 0.3) is 0 Å². The summed E-state index contributed by atoms with van der Waals surface area (Å²) < 4.78 is 5.27. The molecule has 2 aliphatic carbocycles. The monoisotopic (exact) mass is 373 g/mol. The van der Waals surface area contributed by atoms with E-state index in [9.17, 15) is 14.4 Å². The van der Waals surface area contributed by atoms with Gasteiger partial charge < -0.3 is 4.74 Å². The fraction of sp³-hybridized carbons (Fsp3) is 0.550. The Morgan fingerprint density at radius 1 is 1.23 bits per heavy atom. The van der Waals surface area contributed by atoms with Gasteiger partial charge in [-0.3, -0.25) is 9.59 Å². The Labute approximate surface area is 157 Å². The van der Waals surface area contributed by atoms with E-state index in [1.165, 1.54) is 16.2 Å². The summed E-state index contributed by atoms with van der Waals surface area (Å²) in [5, 5.41) is 0.498. The fourth-order valence-electron chi connectivity index (χ4n) is 4.36. The summed E-state index contributed by atoms with van der Waals surface area (Å²) in [6.07, 6.45) is 7.10. The highest BCUT2D eigenvalue weighted by atomic mass is 32.1. The Balaban J connectivity index is 1.78. The Morgan fingerprint density at radius 3 is 2.73 bits per heavy atom. The minimum absolute atomic E-state index is 0.156. The van der Waals surface area contributed by atoms with Gasteiger partial charge in [0.1, 0.15) is 5.00 Å². The second kappa shape index (κ2) is 6.65. The molecule has 2 amide bonds. The SMILES string of the molecule is CCOC(=O)c1c(N2C(=O)C3CC=C(C)CC3C2=O)sc2c1CCCC2. The lowest BCUT2D eigenvalue weighted by atomic mass is 9.82. The van der Waals surface area contributed by atoms with E-state index in [-0.39, 0.29) is 30.3 Å². The predicted octanol–water partition coefficient (Wildman–Crippen LogP) is 3.65. The summed E-state index contributed by atoms with van der Waals surface area (Å²) >= 11 is 1.43. The topological polar surface area (TPSA) is 63.7 Å². The Bertz CT molecular complexity index is 822. The van der Waals surface area contributed by atoms with Crippen LogP contribution in [-0.2, 0) is 27.2 Å².